The van der Waals surface area contributed by atoms with Gasteiger partial charge < -0.3 is 0 Å². The van der Waals surface area contributed by atoms with Gasteiger partial charge in [-0.25, -0.2) is 0 Å². The van der Waals surface area contributed by atoms with E-state index in [1.54, 1.807) is 0 Å². The van der Waals surface area contributed by atoms with E-state index >= 15 is 0 Å². The van der Waals surface area contributed by atoms with Crippen molar-refractivity contribution in [1.29, 1.82) is 0 Å². The summed E-state index contributed by atoms with van der Waals surface area (Å²) in [5.41, 5.74) is 7.63. The molecular formula is C46H28S. The second-order valence-corrected chi connectivity index (χ2v) is 13.4. The molecule has 0 N–H and O–H groups in total. The van der Waals surface area contributed by atoms with Crippen molar-refractivity contribution in [2.75, 3.05) is 0 Å². The lowest BCUT2D eigenvalue weighted by atomic mass is 9.84. The Kier molecular flexibility index (Phi) is 5.85. The largest absolute Gasteiger partial charge is 0.135 e. The highest BCUT2D eigenvalue weighted by Crippen LogP contribution is 2.47. The molecule has 0 spiro atoms. The van der Waals surface area contributed by atoms with Crippen LogP contribution in [0.15, 0.2) is 170 Å². The van der Waals surface area contributed by atoms with Crippen molar-refractivity contribution in [3.05, 3.63) is 170 Å². The quantitative estimate of drug-likeness (QED) is 0.174. The van der Waals surface area contributed by atoms with Gasteiger partial charge in [-0.15, -0.1) is 11.3 Å². The monoisotopic (exact) mass is 612 g/mol. The summed E-state index contributed by atoms with van der Waals surface area (Å²) in [5, 5.41) is 13.0. The lowest BCUT2D eigenvalue weighted by molar-refractivity contribution is 1.66. The van der Waals surface area contributed by atoms with Crippen LogP contribution >= 0.6 is 11.3 Å². The van der Waals surface area contributed by atoms with Crippen molar-refractivity contribution in [3.63, 3.8) is 0 Å². The van der Waals surface area contributed by atoms with E-state index in [4.69, 9.17) is 0 Å². The van der Waals surface area contributed by atoms with Crippen molar-refractivity contribution >= 4 is 74.6 Å². The van der Waals surface area contributed by atoms with Crippen LogP contribution in [0.25, 0.3) is 96.6 Å². The van der Waals surface area contributed by atoms with E-state index in [1.807, 2.05) is 11.3 Å². The normalized spacial score (nSPS) is 11.8. The third kappa shape index (κ3) is 4.00. The van der Waals surface area contributed by atoms with Crippen molar-refractivity contribution in [2.45, 2.75) is 0 Å². The SMILES string of the molecule is c1ccc(-c2c3ccccc3c(-c3ccc(-c4ccc5c(c4)sc4c6ccccc6ccc54)c4ccccc34)c3ccccc23)cc1. The van der Waals surface area contributed by atoms with E-state index in [1.165, 1.54) is 96.6 Å². The predicted molar refractivity (Wildman–Crippen MR) is 206 cm³/mol. The summed E-state index contributed by atoms with van der Waals surface area (Å²) in [4.78, 5) is 0. The summed E-state index contributed by atoms with van der Waals surface area (Å²) in [6.45, 7) is 0. The Morgan fingerprint density at radius 1 is 0.298 bits per heavy atom. The van der Waals surface area contributed by atoms with Crippen LogP contribution in [0.4, 0.5) is 0 Å². The number of fused-ring (bicyclic) bond motifs is 8. The zero-order chi connectivity index (χ0) is 30.9. The van der Waals surface area contributed by atoms with Crippen LogP contribution in [0.5, 0.6) is 0 Å². The molecule has 0 bridgehead atoms. The standard InChI is InChI=1S/C46H28S/c1-2-13-30(14-3-1)44-37-18-8-10-20-39(37)45(40-21-11-9-19-38(40)44)41-27-26-32(34-16-6-7-17-35(34)41)31-23-24-36-42-25-22-29-12-4-5-15-33(29)46(42)47-43(36)28-31/h1-28H. The number of hydrogen-bond acceptors (Lipinski definition) is 1. The number of hydrogen-bond donors (Lipinski definition) is 0. The van der Waals surface area contributed by atoms with Crippen LogP contribution in [0.2, 0.25) is 0 Å². The molecule has 0 radical (unpaired) electrons. The summed E-state index contributed by atoms with van der Waals surface area (Å²) in [7, 11) is 0. The minimum atomic E-state index is 1.25. The fourth-order valence-corrected chi connectivity index (χ4v) is 9.05. The fraction of sp³-hybridized carbons (Fsp3) is 0. The molecule has 0 aliphatic rings. The third-order valence-electron chi connectivity index (χ3n) is 9.86. The summed E-state index contributed by atoms with van der Waals surface area (Å²) < 4.78 is 2.70. The number of rotatable bonds is 3. The smallest absolute Gasteiger partial charge is 0.0433 e. The number of thiophene rings is 1. The van der Waals surface area contributed by atoms with Gasteiger partial charge in [-0.2, -0.15) is 0 Å². The predicted octanol–water partition coefficient (Wildman–Crippen LogP) is 13.7. The average molecular weight is 613 g/mol. The molecule has 10 aromatic rings. The molecular weight excluding hydrogens is 585 g/mol. The molecule has 0 nitrogen and oxygen atoms in total. The molecule has 0 fully saturated rings. The van der Waals surface area contributed by atoms with E-state index in [2.05, 4.69) is 170 Å². The van der Waals surface area contributed by atoms with Gasteiger partial charge in [-0.3, -0.25) is 0 Å². The minimum Gasteiger partial charge on any atom is -0.135 e. The highest BCUT2D eigenvalue weighted by molar-refractivity contribution is 7.26. The third-order valence-corrected chi connectivity index (χ3v) is 11.1. The molecule has 10 rings (SSSR count). The molecule has 218 valence electrons. The van der Waals surface area contributed by atoms with Crippen molar-refractivity contribution in [2.24, 2.45) is 0 Å². The Bertz CT molecular complexity index is 2780. The molecule has 47 heavy (non-hydrogen) atoms. The maximum atomic E-state index is 2.40. The maximum absolute atomic E-state index is 2.40. The van der Waals surface area contributed by atoms with Gasteiger partial charge in [0.25, 0.3) is 0 Å². The summed E-state index contributed by atoms with van der Waals surface area (Å²) in [6, 6.07) is 62.6. The zero-order valence-electron chi connectivity index (χ0n) is 25.6. The molecule has 0 atom stereocenters. The van der Waals surface area contributed by atoms with E-state index in [9.17, 15) is 0 Å². The second-order valence-electron chi connectivity index (χ2n) is 12.4. The molecule has 0 amide bonds. The molecule has 0 saturated carbocycles. The van der Waals surface area contributed by atoms with Crippen LogP contribution in [-0.2, 0) is 0 Å². The average Bonchev–Trinajstić information content (AvgIpc) is 3.52. The van der Waals surface area contributed by atoms with Gasteiger partial charge in [-0.05, 0) is 82.5 Å². The first-order valence-electron chi connectivity index (χ1n) is 16.2. The molecule has 0 unspecified atom stereocenters. The molecule has 9 aromatic carbocycles. The molecule has 1 heteroatoms. The Hall–Kier alpha value is -5.76. The molecule has 0 aliphatic carbocycles. The van der Waals surface area contributed by atoms with Gasteiger partial charge >= 0.3 is 0 Å². The molecule has 0 saturated heterocycles. The summed E-state index contributed by atoms with van der Waals surface area (Å²) in [6.07, 6.45) is 0. The molecule has 1 heterocycles. The van der Waals surface area contributed by atoms with Crippen LogP contribution in [0.3, 0.4) is 0 Å². The van der Waals surface area contributed by atoms with Crippen LogP contribution < -0.4 is 0 Å². The van der Waals surface area contributed by atoms with Gasteiger partial charge in [0.15, 0.2) is 0 Å². The zero-order valence-corrected chi connectivity index (χ0v) is 26.4. The van der Waals surface area contributed by atoms with Crippen LogP contribution in [-0.4, -0.2) is 0 Å². The van der Waals surface area contributed by atoms with Gasteiger partial charge in [0.2, 0.25) is 0 Å². The Morgan fingerprint density at radius 3 is 1.53 bits per heavy atom. The fourth-order valence-electron chi connectivity index (χ4n) is 7.78. The summed E-state index contributed by atoms with van der Waals surface area (Å²) >= 11 is 1.91. The van der Waals surface area contributed by atoms with Crippen molar-refractivity contribution in [3.8, 4) is 33.4 Å². The highest BCUT2D eigenvalue weighted by atomic mass is 32.1. The van der Waals surface area contributed by atoms with E-state index in [-0.39, 0.29) is 0 Å². The van der Waals surface area contributed by atoms with Gasteiger partial charge in [0.05, 0.1) is 0 Å². The second kappa shape index (κ2) is 10.4. The van der Waals surface area contributed by atoms with E-state index in [0.717, 1.165) is 0 Å². The first-order chi connectivity index (χ1) is 23.3. The topological polar surface area (TPSA) is 0 Å². The first kappa shape index (κ1) is 26.5. The molecule has 0 aliphatic heterocycles. The lowest BCUT2D eigenvalue weighted by Gasteiger charge is -2.19. The van der Waals surface area contributed by atoms with Gasteiger partial charge in [0.1, 0.15) is 0 Å². The minimum absolute atomic E-state index is 1.25. The van der Waals surface area contributed by atoms with Crippen molar-refractivity contribution < 1.29 is 0 Å². The Labute approximate surface area is 276 Å². The highest BCUT2D eigenvalue weighted by Gasteiger charge is 2.19. The maximum Gasteiger partial charge on any atom is 0.0433 e. The summed E-state index contributed by atoms with van der Waals surface area (Å²) in [5.74, 6) is 0. The van der Waals surface area contributed by atoms with Gasteiger partial charge in [0, 0.05) is 20.2 Å². The first-order valence-corrected chi connectivity index (χ1v) is 17.0. The van der Waals surface area contributed by atoms with Gasteiger partial charge in [-0.1, -0.05) is 164 Å². The van der Waals surface area contributed by atoms with E-state index < -0.39 is 0 Å². The Morgan fingerprint density at radius 2 is 0.830 bits per heavy atom. The van der Waals surface area contributed by atoms with Crippen LogP contribution in [0.1, 0.15) is 0 Å². The van der Waals surface area contributed by atoms with E-state index in [0.29, 0.717) is 0 Å². The molecule has 1 aromatic heterocycles. The van der Waals surface area contributed by atoms with Crippen molar-refractivity contribution in [1.82, 2.24) is 0 Å². The number of benzene rings is 9. The van der Waals surface area contributed by atoms with Crippen LogP contribution in [0, 0.1) is 0 Å². The Balaban J connectivity index is 1.22. The lowest BCUT2D eigenvalue weighted by Crippen LogP contribution is -1.92.